The molecule has 2 aliphatic heterocycles. The Labute approximate surface area is 191 Å². The predicted molar refractivity (Wildman–Crippen MR) is 120 cm³/mol. The molecular weight excluding hydrogens is 454 g/mol. The molecule has 5 rings (SSSR count). The fourth-order valence-corrected chi connectivity index (χ4v) is 6.38. The molecule has 9 heteroatoms. The average molecular weight is 473 g/mol. The lowest BCUT2D eigenvalue weighted by molar-refractivity contribution is -0.123. The number of fused-ring (bicyclic) bond motifs is 2. The molecule has 3 heterocycles. The summed E-state index contributed by atoms with van der Waals surface area (Å²) in [7, 11) is 1.52. The van der Waals surface area contributed by atoms with Gasteiger partial charge in [0.1, 0.15) is 17.4 Å². The monoisotopic (exact) mass is 472 g/mol. The molecule has 0 saturated carbocycles. The number of hydrogen-bond acceptors (Lipinski definition) is 5. The normalized spacial score (nSPS) is 19.7. The van der Waals surface area contributed by atoms with Gasteiger partial charge in [0.25, 0.3) is 11.8 Å². The first-order valence-electron chi connectivity index (χ1n) is 9.90. The number of carbonyl (C=O) groups excluding carboxylic acids is 2. The highest BCUT2D eigenvalue weighted by Gasteiger charge is 2.59. The second-order valence-corrected chi connectivity index (χ2v) is 9.64. The number of nitrogens with zero attached hydrogens (tertiary/aromatic N) is 2. The molecule has 0 radical (unpaired) electrons. The second kappa shape index (κ2) is 7.90. The maximum atomic E-state index is 14.4. The first-order chi connectivity index (χ1) is 15.5. The molecule has 1 spiro atoms. The van der Waals surface area contributed by atoms with Crippen LogP contribution in [0.15, 0.2) is 53.9 Å². The topological polar surface area (TPSA) is 49.9 Å². The van der Waals surface area contributed by atoms with Crippen LogP contribution < -0.4 is 9.64 Å². The molecule has 2 aliphatic rings. The summed E-state index contributed by atoms with van der Waals surface area (Å²) in [4.78, 5) is 29.4. The Morgan fingerprint density at radius 3 is 2.62 bits per heavy atom. The van der Waals surface area contributed by atoms with E-state index in [-0.39, 0.29) is 18.0 Å². The Balaban J connectivity index is 1.64. The summed E-state index contributed by atoms with van der Waals surface area (Å²) < 4.78 is 34.2. The quantitative estimate of drug-likeness (QED) is 0.556. The zero-order valence-electron chi connectivity index (χ0n) is 17.0. The van der Waals surface area contributed by atoms with Gasteiger partial charge in [-0.3, -0.25) is 9.59 Å². The lowest BCUT2D eigenvalue weighted by Crippen LogP contribution is -2.50. The molecule has 1 unspecified atom stereocenters. The van der Waals surface area contributed by atoms with Gasteiger partial charge >= 0.3 is 0 Å². The van der Waals surface area contributed by atoms with Crippen molar-refractivity contribution in [3.05, 3.63) is 81.5 Å². The van der Waals surface area contributed by atoms with Crippen LogP contribution in [-0.4, -0.2) is 36.1 Å². The Kier molecular flexibility index (Phi) is 5.17. The zero-order valence-corrected chi connectivity index (χ0v) is 18.6. The predicted octanol–water partition coefficient (Wildman–Crippen LogP) is 4.62. The smallest absolute Gasteiger partial charge is 0.268 e. The van der Waals surface area contributed by atoms with E-state index in [4.69, 9.17) is 4.74 Å². The minimum Gasteiger partial charge on any atom is -0.497 e. The molecule has 1 saturated heterocycles. The van der Waals surface area contributed by atoms with Crippen LogP contribution >= 0.6 is 23.1 Å². The molecule has 0 aliphatic carbocycles. The van der Waals surface area contributed by atoms with Crippen molar-refractivity contribution in [2.24, 2.45) is 0 Å². The number of methoxy groups -OCH3 is 1. The minimum atomic E-state index is -1.31. The number of halogens is 2. The summed E-state index contributed by atoms with van der Waals surface area (Å²) in [5, 5.41) is 1.81. The van der Waals surface area contributed by atoms with Crippen molar-refractivity contribution in [2.75, 3.05) is 24.3 Å². The van der Waals surface area contributed by atoms with Gasteiger partial charge in [0.2, 0.25) is 0 Å². The second-order valence-electron chi connectivity index (χ2n) is 7.40. The van der Waals surface area contributed by atoms with E-state index >= 15 is 0 Å². The molecule has 1 aromatic heterocycles. The average Bonchev–Trinajstić information content (AvgIpc) is 3.52. The van der Waals surface area contributed by atoms with E-state index in [2.05, 4.69) is 0 Å². The Hall–Kier alpha value is -2.91. The number of carbonyl (C=O) groups is 2. The molecule has 164 valence electrons. The van der Waals surface area contributed by atoms with Crippen LogP contribution in [0.4, 0.5) is 14.5 Å². The van der Waals surface area contributed by atoms with Gasteiger partial charge in [0.15, 0.2) is 4.87 Å². The van der Waals surface area contributed by atoms with Crippen molar-refractivity contribution >= 4 is 40.6 Å². The third-order valence-electron chi connectivity index (χ3n) is 5.76. The first kappa shape index (κ1) is 21.0. The van der Waals surface area contributed by atoms with Gasteiger partial charge in [0.05, 0.1) is 24.2 Å². The molecular formula is C23H18F2N2O3S2. The highest BCUT2D eigenvalue weighted by atomic mass is 32.2. The van der Waals surface area contributed by atoms with Crippen LogP contribution in [0.3, 0.4) is 0 Å². The number of benzene rings is 2. The van der Waals surface area contributed by atoms with E-state index in [1.807, 2.05) is 5.38 Å². The lowest BCUT2D eigenvalue weighted by atomic mass is 10.0. The molecule has 1 fully saturated rings. The van der Waals surface area contributed by atoms with Gasteiger partial charge in [0, 0.05) is 23.4 Å². The summed E-state index contributed by atoms with van der Waals surface area (Å²) >= 11 is 2.66. The van der Waals surface area contributed by atoms with Crippen molar-refractivity contribution in [3.8, 4) is 5.75 Å². The van der Waals surface area contributed by atoms with Crippen LogP contribution in [0, 0.1) is 11.6 Å². The number of ether oxygens (including phenoxy) is 1. The van der Waals surface area contributed by atoms with Crippen LogP contribution in [0.1, 0.15) is 20.8 Å². The highest BCUT2D eigenvalue weighted by molar-refractivity contribution is 8.01. The van der Waals surface area contributed by atoms with E-state index < -0.39 is 22.4 Å². The van der Waals surface area contributed by atoms with Crippen molar-refractivity contribution in [3.63, 3.8) is 0 Å². The summed E-state index contributed by atoms with van der Waals surface area (Å²) in [6.07, 6.45) is 0. The fraction of sp³-hybridized carbons (Fsp3) is 0.217. The Morgan fingerprint density at radius 1 is 1.16 bits per heavy atom. The fourth-order valence-electron chi connectivity index (χ4n) is 4.25. The van der Waals surface area contributed by atoms with Gasteiger partial charge in [-0.15, -0.1) is 23.1 Å². The molecule has 32 heavy (non-hydrogen) atoms. The van der Waals surface area contributed by atoms with Crippen molar-refractivity contribution in [2.45, 2.75) is 11.4 Å². The maximum Gasteiger partial charge on any atom is 0.268 e. The number of anilines is 1. The van der Waals surface area contributed by atoms with E-state index in [0.29, 0.717) is 34.2 Å². The van der Waals surface area contributed by atoms with Gasteiger partial charge in [-0.05, 0) is 41.8 Å². The zero-order chi connectivity index (χ0) is 22.5. The van der Waals surface area contributed by atoms with Gasteiger partial charge in [-0.25, -0.2) is 8.78 Å². The number of rotatable bonds is 4. The Morgan fingerprint density at radius 2 is 1.94 bits per heavy atom. The summed E-state index contributed by atoms with van der Waals surface area (Å²) in [6.45, 7) is 0.103. The molecule has 3 aromatic rings. The van der Waals surface area contributed by atoms with Crippen molar-refractivity contribution in [1.29, 1.82) is 0 Å². The number of amides is 2. The van der Waals surface area contributed by atoms with E-state index in [9.17, 15) is 18.4 Å². The first-order valence-corrected chi connectivity index (χ1v) is 11.8. The third-order valence-corrected chi connectivity index (χ3v) is 8.03. The summed E-state index contributed by atoms with van der Waals surface area (Å²) in [5.74, 6) is -0.993. The molecule has 0 N–H and O–H groups in total. The number of thiophene rings is 1. The molecule has 5 nitrogen and oxygen atoms in total. The number of hydrogen-bond donors (Lipinski definition) is 0. The molecule has 1 atom stereocenters. The van der Waals surface area contributed by atoms with Crippen LogP contribution in [0.2, 0.25) is 0 Å². The van der Waals surface area contributed by atoms with Crippen LogP contribution in [0.5, 0.6) is 5.75 Å². The largest absolute Gasteiger partial charge is 0.497 e. The van der Waals surface area contributed by atoms with E-state index in [1.54, 1.807) is 35.2 Å². The van der Waals surface area contributed by atoms with Crippen LogP contribution in [0.25, 0.3) is 0 Å². The van der Waals surface area contributed by atoms with Gasteiger partial charge in [-0.1, -0.05) is 12.1 Å². The summed E-state index contributed by atoms with van der Waals surface area (Å²) in [6, 6.07) is 12.3. The maximum absolute atomic E-state index is 14.4. The SMILES string of the molecule is COc1ccc2c(c1)C1(SCCN1C(=O)c1cccs1)C(=O)N2Cc1c(F)cccc1F. The van der Waals surface area contributed by atoms with Gasteiger partial charge in [-0.2, -0.15) is 0 Å². The molecule has 2 aromatic carbocycles. The van der Waals surface area contributed by atoms with Crippen LogP contribution in [-0.2, 0) is 16.2 Å². The minimum absolute atomic E-state index is 0.196. The Bertz CT molecular complexity index is 1200. The molecule has 2 amide bonds. The number of thioether (sulfide) groups is 1. The van der Waals surface area contributed by atoms with Gasteiger partial charge < -0.3 is 14.5 Å². The highest BCUT2D eigenvalue weighted by Crippen LogP contribution is 2.55. The van der Waals surface area contributed by atoms with Crippen molar-refractivity contribution in [1.82, 2.24) is 4.90 Å². The van der Waals surface area contributed by atoms with E-state index in [1.165, 1.54) is 53.3 Å². The standard InChI is InChI=1S/C23H18F2N2O3S2/c1-30-14-7-8-19-16(12-14)23(27(9-11-32-23)21(28)20-6-3-10-31-20)22(29)26(19)13-15-17(24)4-2-5-18(15)25/h2-8,10,12H,9,11,13H2,1H3. The summed E-state index contributed by atoms with van der Waals surface area (Å²) in [5.41, 5.74) is 0.904. The third kappa shape index (κ3) is 3.02. The molecule has 0 bridgehead atoms. The van der Waals surface area contributed by atoms with E-state index in [0.717, 1.165) is 0 Å². The van der Waals surface area contributed by atoms with Crippen molar-refractivity contribution < 1.29 is 23.1 Å². The lowest BCUT2D eigenvalue weighted by Gasteiger charge is -2.33.